The predicted octanol–water partition coefficient (Wildman–Crippen LogP) is -1.74. The Labute approximate surface area is 152 Å². The normalized spacial score (nSPS) is 35.3. The van der Waals surface area contributed by atoms with Crippen molar-refractivity contribution in [2.45, 2.75) is 48.1 Å². The third kappa shape index (κ3) is 4.21. The number of rotatable bonds is 6. The Kier molecular flexibility index (Phi) is 5.83. The Balaban J connectivity index is 2.14. The third-order valence-corrected chi connectivity index (χ3v) is 11.5. The fourth-order valence-corrected chi connectivity index (χ4v) is 7.14. The molecule has 2 fully saturated rings. The van der Waals surface area contributed by atoms with Crippen LogP contribution in [0.25, 0.3) is 0 Å². The number of hydrogen-bond acceptors (Lipinski definition) is 12. The van der Waals surface area contributed by atoms with Gasteiger partial charge in [-0.2, -0.15) is 33.7 Å². The molecule has 26 heavy (non-hydrogen) atoms. The molecule has 0 saturated carbocycles. The second-order valence-electron chi connectivity index (χ2n) is 5.79. The van der Waals surface area contributed by atoms with Gasteiger partial charge in [0.2, 0.25) is 4.58 Å². The van der Waals surface area contributed by atoms with E-state index < -0.39 is 81.0 Å². The summed E-state index contributed by atoms with van der Waals surface area (Å²) in [4.78, 5) is 0. The van der Waals surface area contributed by atoms with Gasteiger partial charge < -0.3 is 0 Å². The summed E-state index contributed by atoms with van der Waals surface area (Å²) in [5, 5.41) is -2.64. The first-order valence-electron chi connectivity index (χ1n) is 7.21. The second-order valence-corrected chi connectivity index (χ2v) is 13.8. The second kappa shape index (κ2) is 6.91. The topological polar surface area (TPSA) is 173 Å². The Morgan fingerprint density at radius 3 is 1.35 bits per heavy atom. The molecule has 154 valence electrons. The lowest BCUT2D eigenvalue weighted by molar-refractivity contribution is 0.164. The molecule has 0 aromatic carbocycles. The van der Waals surface area contributed by atoms with E-state index in [-0.39, 0.29) is 0 Å². The largest absolute Gasteiger partial charge is 0.287 e. The highest BCUT2D eigenvalue weighted by Gasteiger charge is 2.48. The van der Waals surface area contributed by atoms with Crippen molar-refractivity contribution in [1.29, 1.82) is 0 Å². The van der Waals surface area contributed by atoms with E-state index in [4.69, 9.17) is 0 Å². The van der Waals surface area contributed by atoms with Gasteiger partial charge in [0.05, 0.1) is 13.2 Å². The predicted molar refractivity (Wildman–Crippen MR) is 85.7 cm³/mol. The van der Waals surface area contributed by atoms with Crippen LogP contribution in [0.4, 0.5) is 0 Å². The minimum atomic E-state index is -4.82. The van der Waals surface area contributed by atoms with Gasteiger partial charge in [0.25, 0.3) is 40.5 Å². The van der Waals surface area contributed by atoms with Crippen LogP contribution in [0.1, 0.15) is 20.8 Å². The van der Waals surface area contributed by atoms with Gasteiger partial charge in [0.1, 0.15) is 22.7 Å². The average Bonchev–Trinajstić information content (AvgIpc) is 2.90. The highest BCUT2D eigenvalue weighted by molar-refractivity contribution is 8.04. The summed E-state index contributed by atoms with van der Waals surface area (Å²) in [6, 6.07) is 0. The standard InChI is InChI=1S/C10H18O12S4/c1-6-9(4-19-23(6,11)12)21-25(15,16)8(3)26(17,18)22-10-5-20-24(13,14)7(10)2/h6-10H,4-5H2,1-3H3. The SMILES string of the molecule is CC1C(OS(=O)(=O)C(C)S(=O)(=O)OC2COS(=O)(=O)C2C)COS1(=O)=O. The Bertz CT molecular complexity index is 881. The maximum atomic E-state index is 12.2. The minimum Gasteiger partial charge on any atom is -0.267 e. The molecule has 0 radical (unpaired) electrons. The molecule has 0 N–H and O–H groups in total. The molecule has 2 aliphatic rings. The van der Waals surface area contributed by atoms with Crippen LogP contribution in [0.3, 0.4) is 0 Å². The molecular formula is C10H18O12S4. The van der Waals surface area contributed by atoms with Gasteiger partial charge in [-0.15, -0.1) is 0 Å². The van der Waals surface area contributed by atoms with Gasteiger partial charge in [0, 0.05) is 0 Å². The van der Waals surface area contributed by atoms with E-state index in [1.807, 2.05) is 0 Å². The van der Waals surface area contributed by atoms with Crippen LogP contribution in [-0.4, -0.2) is 74.2 Å². The van der Waals surface area contributed by atoms with E-state index in [2.05, 4.69) is 16.7 Å². The third-order valence-electron chi connectivity index (χ3n) is 4.08. The van der Waals surface area contributed by atoms with E-state index in [1.54, 1.807) is 0 Å². The quantitative estimate of drug-likeness (QED) is 0.412. The minimum absolute atomic E-state index is 0.581. The van der Waals surface area contributed by atoms with E-state index in [0.717, 1.165) is 20.8 Å². The summed E-state index contributed by atoms with van der Waals surface area (Å²) in [7, 11) is -17.6. The van der Waals surface area contributed by atoms with Crippen molar-refractivity contribution < 1.29 is 50.4 Å². The average molecular weight is 459 g/mol. The summed E-state index contributed by atoms with van der Waals surface area (Å²) >= 11 is 0. The fourth-order valence-electron chi connectivity index (χ4n) is 2.04. The molecule has 12 nitrogen and oxygen atoms in total. The maximum Gasteiger partial charge on any atom is 0.287 e. The lowest BCUT2D eigenvalue weighted by atomic mass is 10.3. The van der Waals surface area contributed by atoms with Gasteiger partial charge >= 0.3 is 0 Å². The Hall–Kier alpha value is -0.360. The molecule has 0 aromatic rings. The van der Waals surface area contributed by atoms with Crippen LogP contribution < -0.4 is 0 Å². The van der Waals surface area contributed by atoms with Crippen LogP contribution >= 0.6 is 0 Å². The van der Waals surface area contributed by atoms with E-state index in [9.17, 15) is 33.7 Å². The van der Waals surface area contributed by atoms with Crippen LogP contribution in [-0.2, 0) is 57.2 Å². The van der Waals surface area contributed by atoms with Crippen molar-refractivity contribution in [1.82, 2.24) is 0 Å². The van der Waals surface area contributed by atoms with Crippen molar-refractivity contribution in [2.75, 3.05) is 13.2 Å². The van der Waals surface area contributed by atoms with Crippen molar-refractivity contribution >= 4 is 40.5 Å². The van der Waals surface area contributed by atoms with Crippen LogP contribution in [0, 0.1) is 0 Å². The highest BCUT2D eigenvalue weighted by atomic mass is 32.3. The molecule has 0 aliphatic carbocycles. The van der Waals surface area contributed by atoms with Crippen molar-refractivity contribution in [2.24, 2.45) is 0 Å². The molecule has 2 saturated heterocycles. The van der Waals surface area contributed by atoms with Gasteiger partial charge in [0.15, 0.2) is 0 Å². The molecule has 2 rings (SSSR count). The molecule has 4 atom stereocenters. The Morgan fingerprint density at radius 2 is 1.12 bits per heavy atom. The molecule has 0 aromatic heterocycles. The van der Waals surface area contributed by atoms with Crippen LogP contribution in [0.2, 0.25) is 0 Å². The van der Waals surface area contributed by atoms with Gasteiger partial charge in [-0.05, 0) is 20.8 Å². The molecule has 4 unspecified atom stereocenters. The van der Waals surface area contributed by atoms with Crippen molar-refractivity contribution in [3.63, 3.8) is 0 Å². The molecule has 0 amide bonds. The molecule has 2 heterocycles. The monoisotopic (exact) mass is 458 g/mol. The van der Waals surface area contributed by atoms with Gasteiger partial charge in [-0.1, -0.05) is 0 Å². The van der Waals surface area contributed by atoms with Crippen LogP contribution in [0.15, 0.2) is 0 Å². The summed E-state index contributed by atoms with van der Waals surface area (Å²) in [6.45, 7) is 1.90. The maximum absolute atomic E-state index is 12.2. The first-order valence-corrected chi connectivity index (χ1v) is 13.1. The smallest absolute Gasteiger partial charge is 0.267 e. The zero-order valence-corrected chi connectivity index (χ0v) is 17.1. The molecule has 0 bridgehead atoms. The summed E-state index contributed by atoms with van der Waals surface area (Å²) in [6.07, 6.45) is -2.84. The fraction of sp³-hybridized carbons (Fsp3) is 1.00. The lowest BCUT2D eigenvalue weighted by Crippen LogP contribution is -2.39. The first kappa shape index (κ1) is 21.9. The summed E-state index contributed by atoms with van der Waals surface area (Å²) in [5.41, 5.74) is 0. The molecule has 0 spiro atoms. The van der Waals surface area contributed by atoms with Crippen molar-refractivity contribution in [3.05, 3.63) is 0 Å². The van der Waals surface area contributed by atoms with Crippen LogP contribution in [0.5, 0.6) is 0 Å². The molecule has 2 aliphatic heterocycles. The first-order chi connectivity index (χ1) is 11.6. The summed E-state index contributed by atoms with van der Waals surface area (Å²) < 4.78 is 111. The van der Waals surface area contributed by atoms with Gasteiger partial charge in [-0.3, -0.25) is 16.7 Å². The lowest BCUT2D eigenvalue weighted by Gasteiger charge is -2.19. The Morgan fingerprint density at radius 1 is 0.808 bits per heavy atom. The van der Waals surface area contributed by atoms with E-state index in [0.29, 0.717) is 0 Å². The van der Waals surface area contributed by atoms with E-state index in [1.165, 1.54) is 0 Å². The van der Waals surface area contributed by atoms with E-state index >= 15 is 0 Å². The number of hydrogen-bond donors (Lipinski definition) is 0. The molecule has 16 heteroatoms. The molecular weight excluding hydrogens is 440 g/mol. The van der Waals surface area contributed by atoms with Crippen molar-refractivity contribution in [3.8, 4) is 0 Å². The zero-order chi connectivity index (χ0) is 20.1. The zero-order valence-electron chi connectivity index (χ0n) is 13.8. The highest BCUT2D eigenvalue weighted by Crippen LogP contribution is 2.27. The summed E-state index contributed by atoms with van der Waals surface area (Å²) in [5.74, 6) is 0. The van der Waals surface area contributed by atoms with Gasteiger partial charge in [-0.25, -0.2) is 0 Å².